The predicted molar refractivity (Wildman–Crippen MR) is 72.3 cm³/mol. The van der Waals surface area contributed by atoms with Crippen LogP contribution in [0.25, 0.3) is 10.9 Å². The van der Waals surface area contributed by atoms with Crippen molar-refractivity contribution in [3.8, 4) is 0 Å². The van der Waals surface area contributed by atoms with Crippen LogP contribution in [0.1, 0.15) is 23.7 Å². The maximum Gasteiger partial charge on any atom is 0.252 e. The molecule has 0 fully saturated rings. The minimum Gasteiger partial charge on any atom is -0.348 e. The SMILES string of the molecule is CCC(CN)NC(=O)c1cccc2ncccc12. The monoisotopic (exact) mass is 243 g/mol. The van der Waals surface area contributed by atoms with Crippen LogP contribution in [0.2, 0.25) is 0 Å². The first-order valence-corrected chi connectivity index (χ1v) is 6.11. The number of hydrogen-bond acceptors (Lipinski definition) is 3. The molecule has 1 atom stereocenters. The van der Waals surface area contributed by atoms with Gasteiger partial charge in [-0.05, 0) is 24.6 Å². The molecule has 0 saturated heterocycles. The predicted octanol–water partition coefficient (Wildman–Crippen LogP) is 1.70. The second-order valence-electron chi connectivity index (χ2n) is 4.19. The molecule has 0 saturated carbocycles. The first-order valence-electron chi connectivity index (χ1n) is 6.11. The quantitative estimate of drug-likeness (QED) is 0.858. The third kappa shape index (κ3) is 2.49. The standard InChI is InChI=1S/C14H17N3O/c1-2-10(9-15)17-14(18)12-5-3-7-13-11(12)6-4-8-16-13/h3-8,10H,2,9,15H2,1H3,(H,17,18). The Morgan fingerprint density at radius 2 is 2.22 bits per heavy atom. The molecule has 1 amide bonds. The van der Waals surface area contributed by atoms with Gasteiger partial charge in [0.2, 0.25) is 0 Å². The third-order valence-corrected chi connectivity index (χ3v) is 3.00. The molecule has 1 aromatic heterocycles. The van der Waals surface area contributed by atoms with Crippen molar-refractivity contribution in [2.24, 2.45) is 5.73 Å². The molecule has 0 aliphatic heterocycles. The molecular formula is C14H17N3O. The zero-order chi connectivity index (χ0) is 13.0. The minimum absolute atomic E-state index is 0.0180. The highest BCUT2D eigenvalue weighted by molar-refractivity contribution is 6.06. The zero-order valence-electron chi connectivity index (χ0n) is 10.4. The fraction of sp³-hybridized carbons (Fsp3) is 0.286. The fourth-order valence-corrected chi connectivity index (χ4v) is 1.89. The number of rotatable bonds is 4. The van der Waals surface area contributed by atoms with E-state index in [4.69, 9.17) is 5.73 Å². The lowest BCUT2D eigenvalue weighted by molar-refractivity contribution is 0.0939. The number of nitrogens with zero attached hydrogens (tertiary/aromatic N) is 1. The first-order chi connectivity index (χ1) is 8.76. The zero-order valence-corrected chi connectivity index (χ0v) is 10.4. The molecule has 4 nitrogen and oxygen atoms in total. The number of nitrogens with two attached hydrogens (primary N) is 1. The smallest absolute Gasteiger partial charge is 0.252 e. The van der Waals surface area contributed by atoms with Gasteiger partial charge in [0.15, 0.2) is 0 Å². The van der Waals surface area contributed by atoms with Gasteiger partial charge in [-0.3, -0.25) is 9.78 Å². The van der Waals surface area contributed by atoms with Crippen LogP contribution in [-0.2, 0) is 0 Å². The maximum atomic E-state index is 12.2. The van der Waals surface area contributed by atoms with Gasteiger partial charge in [0.05, 0.1) is 5.52 Å². The van der Waals surface area contributed by atoms with E-state index in [1.807, 2.05) is 37.3 Å². The molecule has 1 aromatic carbocycles. The van der Waals surface area contributed by atoms with Crippen molar-refractivity contribution < 1.29 is 4.79 Å². The number of amides is 1. The van der Waals surface area contributed by atoms with Gasteiger partial charge in [-0.15, -0.1) is 0 Å². The Morgan fingerprint density at radius 3 is 2.94 bits per heavy atom. The van der Waals surface area contributed by atoms with Crippen LogP contribution in [0, 0.1) is 0 Å². The molecule has 0 spiro atoms. The summed E-state index contributed by atoms with van der Waals surface area (Å²) in [4.78, 5) is 16.4. The Hall–Kier alpha value is -1.94. The summed E-state index contributed by atoms with van der Waals surface area (Å²) in [6, 6.07) is 9.30. The van der Waals surface area contributed by atoms with E-state index in [2.05, 4.69) is 10.3 Å². The highest BCUT2D eigenvalue weighted by atomic mass is 16.1. The van der Waals surface area contributed by atoms with Gasteiger partial charge in [-0.1, -0.05) is 19.1 Å². The van der Waals surface area contributed by atoms with Gasteiger partial charge < -0.3 is 11.1 Å². The Labute approximate surface area is 106 Å². The molecule has 18 heavy (non-hydrogen) atoms. The molecule has 0 aliphatic carbocycles. The van der Waals surface area contributed by atoms with E-state index in [1.54, 1.807) is 6.20 Å². The van der Waals surface area contributed by atoms with Crippen LogP contribution < -0.4 is 11.1 Å². The second kappa shape index (κ2) is 5.60. The fourth-order valence-electron chi connectivity index (χ4n) is 1.89. The van der Waals surface area contributed by atoms with Crippen LogP contribution in [0.3, 0.4) is 0 Å². The van der Waals surface area contributed by atoms with Gasteiger partial charge >= 0.3 is 0 Å². The number of hydrogen-bond donors (Lipinski definition) is 2. The van der Waals surface area contributed by atoms with E-state index in [-0.39, 0.29) is 11.9 Å². The number of pyridine rings is 1. The van der Waals surface area contributed by atoms with E-state index in [0.29, 0.717) is 12.1 Å². The van der Waals surface area contributed by atoms with E-state index < -0.39 is 0 Å². The number of carbonyl (C=O) groups excluding carboxylic acids is 1. The van der Waals surface area contributed by atoms with Crippen molar-refractivity contribution in [2.45, 2.75) is 19.4 Å². The van der Waals surface area contributed by atoms with Gasteiger partial charge in [-0.2, -0.15) is 0 Å². The molecule has 0 bridgehead atoms. The molecule has 1 unspecified atom stereocenters. The number of carbonyl (C=O) groups is 1. The van der Waals surface area contributed by atoms with Crippen molar-refractivity contribution in [3.63, 3.8) is 0 Å². The van der Waals surface area contributed by atoms with Gasteiger partial charge in [-0.25, -0.2) is 0 Å². The highest BCUT2D eigenvalue weighted by Crippen LogP contribution is 2.16. The van der Waals surface area contributed by atoms with Crippen LogP contribution in [0.5, 0.6) is 0 Å². The van der Waals surface area contributed by atoms with Crippen molar-refractivity contribution >= 4 is 16.8 Å². The molecule has 3 N–H and O–H groups in total. The molecule has 0 radical (unpaired) electrons. The van der Waals surface area contributed by atoms with Crippen LogP contribution >= 0.6 is 0 Å². The van der Waals surface area contributed by atoms with Gasteiger partial charge in [0.1, 0.15) is 0 Å². The van der Waals surface area contributed by atoms with Crippen LogP contribution in [0.4, 0.5) is 0 Å². The third-order valence-electron chi connectivity index (χ3n) is 3.00. The summed E-state index contributed by atoms with van der Waals surface area (Å²) in [5.41, 5.74) is 7.07. The van der Waals surface area contributed by atoms with Crippen LogP contribution in [0.15, 0.2) is 36.5 Å². The molecule has 94 valence electrons. The van der Waals surface area contributed by atoms with Gasteiger partial charge in [0, 0.05) is 29.7 Å². The van der Waals surface area contributed by atoms with Crippen LogP contribution in [-0.4, -0.2) is 23.5 Å². The lowest BCUT2D eigenvalue weighted by Crippen LogP contribution is -2.39. The average Bonchev–Trinajstić information content (AvgIpc) is 2.43. The average molecular weight is 243 g/mol. The number of benzene rings is 1. The van der Waals surface area contributed by atoms with E-state index in [1.165, 1.54) is 0 Å². The van der Waals surface area contributed by atoms with Crippen molar-refractivity contribution in [2.75, 3.05) is 6.54 Å². The largest absolute Gasteiger partial charge is 0.348 e. The summed E-state index contributed by atoms with van der Waals surface area (Å²) >= 11 is 0. The van der Waals surface area contributed by atoms with E-state index >= 15 is 0 Å². The number of nitrogens with one attached hydrogen (secondary N) is 1. The molecule has 1 heterocycles. The number of fused-ring (bicyclic) bond motifs is 1. The first kappa shape index (κ1) is 12.5. The number of aromatic nitrogens is 1. The summed E-state index contributed by atoms with van der Waals surface area (Å²) in [6.45, 7) is 2.45. The van der Waals surface area contributed by atoms with E-state index in [9.17, 15) is 4.79 Å². The minimum atomic E-state index is -0.0918. The normalized spacial score (nSPS) is 12.3. The Morgan fingerprint density at radius 1 is 1.39 bits per heavy atom. The molecule has 4 heteroatoms. The van der Waals surface area contributed by atoms with Crippen molar-refractivity contribution in [1.82, 2.24) is 10.3 Å². The Bertz CT molecular complexity index is 544. The Kier molecular flexibility index (Phi) is 3.89. The lowest BCUT2D eigenvalue weighted by Gasteiger charge is -2.15. The second-order valence-corrected chi connectivity index (χ2v) is 4.19. The van der Waals surface area contributed by atoms with Gasteiger partial charge in [0.25, 0.3) is 5.91 Å². The van der Waals surface area contributed by atoms with Crippen molar-refractivity contribution in [1.29, 1.82) is 0 Å². The summed E-state index contributed by atoms with van der Waals surface area (Å²) < 4.78 is 0. The summed E-state index contributed by atoms with van der Waals surface area (Å²) in [6.07, 6.45) is 2.55. The maximum absolute atomic E-state index is 12.2. The topological polar surface area (TPSA) is 68.0 Å². The molecular weight excluding hydrogens is 226 g/mol. The molecule has 0 aliphatic rings. The summed E-state index contributed by atoms with van der Waals surface area (Å²) in [7, 11) is 0. The lowest BCUT2D eigenvalue weighted by atomic mass is 10.1. The molecule has 2 rings (SSSR count). The van der Waals surface area contributed by atoms with Crippen molar-refractivity contribution in [3.05, 3.63) is 42.1 Å². The summed E-state index contributed by atoms with van der Waals surface area (Å²) in [5.74, 6) is -0.0918. The molecule has 2 aromatic rings. The summed E-state index contributed by atoms with van der Waals surface area (Å²) in [5, 5.41) is 3.80. The Balaban J connectivity index is 2.33. The highest BCUT2D eigenvalue weighted by Gasteiger charge is 2.13. The van der Waals surface area contributed by atoms with E-state index in [0.717, 1.165) is 17.3 Å².